The molecule has 116 valence electrons. The van der Waals surface area contributed by atoms with Crippen LogP contribution in [0.4, 0.5) is 5.13 Å². The number of hydrogen-bond donors (Lipinski definition) is 1. The van der Waals surface area contributed by atoms with Gasteiger partial charge in [-0.25, -0.2) is 4.98 Å². The van der Waals surface area contributed by atoms with Crippen LogP contribution in [-0.4, -0.2) is 10.9 Å². The number of benzene rings is 2. The fraction of sp³-hybridized carbons (Fsp3) is 0.111. The monoisotopic (exact) mass is 342 g/mol. The zero-order valence-corrected chi connectivity index (χ0v) is 14.1. The largest absolute Gasteiger partial charge is 0.300 e. The lowest BCUT2D eigenvalue weighted by Gasteiger charge is -2.08. The Balaban J connectivity index is 1.71. The predicted octanol–water partition coefficient (Wildman–Crippen LogP) is 5.04. The van der Waals surface area contributed by atoms with Gasteiger partial charge < -0.3 is 5.32 Å². The van der Waals surface area contributed by atoms with E-state index in [2.05, 4.69) is 10.3 Å². The number of nitrogens with zero attached hydrogens (tertiary/aromatic N) is 1. The number of aromatic nitrogens is 1. The zero-order chi connectivity index (χ0) is 16.2. The normalized spacial score (nSPS) is 11.9. The van der Waals surface area contributed by atoms with Gasteiger partial charge in [-0.3, -0.25) is 4.79 Å². The summed E-state index contributed by atoms with van der Waals surface area (Å²) in [4.78, 5) is 16.7. The van der Waals surface area contributed by atoms with E-state index in [0.717, 1.165) is 16.8 Å². The van der Waals surface area contributed by atoms with Crippen LogP contribution in [0.25, 0.3) is 11.3 Å². The van der Waals surface area contributed by atoms with Gasteiger partial charge in [0.25, 0.3) is 0 Å². The van der Waals surface area contributed by atoms with Crippen LogP contribution in [0.15, 0.2) is 60.0 Å². The van der Waals surface area contributed by atoms with Crippen molar-refractivity contribution in [2.24, 2.45) is 0 Å². The molecule has 0 unspecified atom stereocenters. The molecule has 0 saturated carbocycles. The average molecular weight is 343 g/mol. The number of halogens is 1. The molecule has 1 N–H and O–H groups in total. The second kappa shape index (κ2) is 6.94. The zero-order valence-electron chi connectivity index (χ0n) is 12.5. The van der Waals surface area contributed by atoms with Crippen molar-refractivity contribution >= 4 is 34.0 Å². The van der Waals surface area contributed by atoms with E-state index >= 15 is 0 Å². The first kappa shape index (κ1) is 15.7. The van der Waals surface area contributed by atoms with Crippen LogP contribution in [0.1, 0.15) is 16.5 Å². The smallest absolute Gasteiger partial charge is 0.248 e. The highest BCUT2D eigenvalue weighted by Crippen LogP contribution is 2.27. The highest BCUT2D eigenvalue weighted by Gasteiger charge is 2.18. The van der Waals surface area contributed by atoms with E-state index in [0.29, 0.717) is 5.13 Å². The van der Waals surface area contributed by atoms with Crippen molar-refractivity contribution in [3.8, 4) is 11.3 Å². The number of rotatable bonds is 4. The maximum atomic E-state index is 12.2. The van der Waals surface area contributed by atoms with E-state index in [1.165, 1.54) is 16.9 Å². The van der Waals surface area contributed by atoms with Crippen molar-refractivity contribution in [2.75, 3.05) is 5.32 Å². The van der Waals surface area contributed by atoms with Crippen LogP contribution in [0.5, 0.6) is 0 Å². The molecule has 1 aromatic heterocycles. The van der Waals surface area contributed by atoms with Crippen LogP contribution < -0.4 is 5.32 Å². The number of hydrogen-bond acceptors (Lipinski definition) is 3. The van der Waals surface area contributed by atoms with Crippen molar-refractivity contribution in [2.45, 2.75) is 12.3 Å². The molecule has 3 rings (SSSR count). The first-order valence-corrected chi connectivity index (χ1v) is 8.47. The average Bonchev–Trinajstić information content (AvgIpc) is 3.04. The van der Waals surface area contributed by atoms with Crippen molar-refractivity contribution in [3.05, 3.63) is 71.1 Å². The van der Waals surface area contributed by atoms with Crippen LogP contribution in [-0.2, 0) is 4.79 Å². The van der Waals surface area contributed by atoms with Gasteiger partial charge in [0.15, 0.2) is 5.13 Å². The van der Waals surface area contributed by atoms with E-state index in [1.54, 1.807) is 0 Å². The van der Waals surface area contributed by atoms with E-state index < -0.39 is 5.38 Å². The molecule has 1 atom stereocenters. The van der Waals surface area contributed by atoms with E-state index in [-0.39, 0.29) is 5.91 Å². The summed E-state index contributed by atoms with van der Waals surface area (Å²) in [5.41, 5.74) is 3.83. The Bertz CT molecular complexity index is 799. The van der Waals surface area contributed by atoms with Crippen LogP contribution >= 0.6 is 22.9 Å². The molecule has 3 nitrogen and oxygen atoms in total. The Kier molecular flexibility index (Phi) is 4.74. The van der Waals surface area contributed by atoms with Gasteiger partial charge in [-0.1, -0.05) is 60.2 Å². The van der Waals surface area contributed by atoms with Crippen LogP contribution in [0.2, 0.25) is 0 Å². The van der Waals surface area contributed by atoms with Crippen molar-refractivity contribution < 1.29 is 4.79 Å². The summed E-state index contributed by atoms with van der Waals surface area (Å²) in [5, 5.41) is 4.52. The highest BCUT2D eigenvalue weighted by atomic mass is 35.5. The summed E-state index contributed by atoms with van der Waals surface area (Å²) in [6.07, 6.45) is 0. The minimum Gasteiger partial charge on any atom is -0.300 e. The number of anilines is 1. The number of aryl methyl sites for hydroxylation is 1. The summed E-state index contributed by atoms with van der Waals surface area (Å²) < 4.78 is 0. The lowest BCUT2D eigenvalue weighted by Crippen LogP contribution is -2.17. The summed E-state index contributed by atoms with van der Waals surface area (Å²) in [7, 11) is 0. The van der Waals surface area contributed by atoms with Gasteiger partial charge in [0.05, 0.1) is 5.69 Å². The molecule has 0 radical (unpaired) electrons. The molecule has 0 fully saturated rings. The molecule has 1 heterocycles. The lowest BCUT2D eigenvalue weighted by atomic mass is 10.1. The second-order valence-electron chi connectivity index (χ2n) is 5.17. The number of alkyl halides is 1. The number of carbonyl (C=O) groups excluding carboxylic acids is 1. The molecule has 1 amide bonds. The Morgan fingerprint density at radius 3 is 2.52 bits per heavy atom. The minimum atomic E-state index is -0.733. The lowest BCUT2D eigenvalue weighted by molar-refractivity contribution is -0.116. The predicted molar refractivity (Wildman–Crippen MR) is 96.0 cm³/mol. The highest BCUT2D eigenvalue weighted by molar-refractivity contribution is 7.14. The van der Waals surface area contributed by atoms with Crippen LogP contribution in [0.3, 0.4) is 0 Å². The third-order valence-corrected chi connectivity index (χ3v) is 4.61. The maximum Gasteiger partial charge on any atom is 0.248 e. The fourth-order valence-electron chi connectivity index (χ4n) is 2.13. The molecule has 3 aromatic rings. The number of thiazole rings is 1. The summed E-state index contributed by atoms with van der Waals surface area (Å²) in [5.74, 6) is -0.275. The molecule has 0 aliphatic heterocycles. The van der Waals surface area contributed by atoms with Crippen molar-refractivity contribution in [3.63, 3.8) is 0 Å². The topological polar surface area (TPSA) is 42.0 Å². The van der Waals surface area contributed by atoms with Crippen molar-refractivity contribution in [1.29, 1.82) is 0 Å². The summed E-state index contributed by atoms with van der Waals surface area (Å²) in [6, 6.07) is 17.4. The van der Waals surface area contributed by atoms with Gasteiger partial charge in [-0.15, -0.1) is 22.9 Å². The third kappa shape index (κ3) is 3.78. The van der Waals surface area contributed by atoms with Gasteiger partial charge in [0, 0.05) is 10.9 Å². The van der Waals surface area contributed by atoms with E-state index in [9.17, 15) is 4.79 Å². The molecule has 23 heavy (non-hydrogen) atoms. The van der Waals surface area contributed by atoms with Gasteiger partial charge in [0.2, 0.25) is 5.91 Å². The Morgan fingerprint density at radius 2 is 1.83 bits per heavy atom. The molecule has 0 spiro atoms. The molecule has 5 heteroatoms. The Hall–Kier alpha value is -2.17. The number of amides is 1. The number of nitrogens with one attached hydrogen (secondary N) is 1. The SMILES string of the molecule is Cc1ccc(-c2csc(NC(=O)[C@H](Cl)c3ccccc3)n2)cc1. The molecular formula is C18H15ClN2OS. The Labute approximate surface area is 144 Å². The standard InChI is InChI=1S/C18H15ClN2OS/c1-12-7-9-13(10-8-12)15-11-23-18(20-15)21-17(22)16(19)14-5-3-2-4-6-14/h2-11,16H,1H3,(H,20,21,22)/t16-/m1/s1. The number of carbonyl (C=O) groups is 1. The van der Waals surface area contributed by atoms with Gasteiger partial charge in [-0.05, 0) is 12.5 Å². The first-order valence-electron chi connectivity index (χ1n) is 7.16. The van der Waals surface area contributed by atoms with E-state index in [1.807, 2.05) is 66.9 Å². The molecule has 0 aliphatic rings. The minimum absolute atomic E-state index is 0.275. The van der Waals surface area contributed by atoms with Crippen LogP contribution in [0, 0.1) is 6.92 Å². The van der Waals surface area contributed by atoms with Gasteiger partial charge in [-0.2, -0.15) is 0 Å². The van der Waals surface area contributed by atoms with Crippen molar-refractivity contribution in [1.82, 2.24) is 4.98 Å². The first-order chi connectivity index (χ1) is 11.1. The molecule has 2 aromatic carbocycles. The quantitative estimate of drug-likeness (QED) is 0.675. The maximum absolute atomic E-state index is 12.2. The third-order valence-electron chi connectivity index (χ3n) is 3.40. The molecule has 0 aliphatic carbocycles. The van der Waals surface area contributed by atoms with Gasteiger partial charge >= 0.3 is 0 Å². The fourth-order valence-corrected chi connectivity index (χ4v) is 3.05. The summed E-state index contributed by atoms with van der Waals surface area (Å²) in [6.45, 7) is 2.04. The molecule has 0 bridgehead atoms. The Morgan fingerprint density at radius 1 is 1.13 bits per heavy atom. The second-order valence-corrected chi connectivity index (χ2v) is 6.46. The van der Waals surface area contributed by atoms with E-state index in [4.69, 9.17) is 11.6 Å². The van der Waals surface area contributed by atoms with Gasteiger partial charge in [0.1, 0.15) is 5.38 Å². The molecule has 0 saturated heterocycles. The molecular weight excluding hydrogens is 328 g/mol. The summed E-state index contributed by atoms with van der Waals surface area (Å²) >= 11 is 7.60.